The highest BCUT2D eigenvalue weighted by Crippen LogP contribution is 2.12. The van der Waals surface area contributed by atoms with Crippen molar-refractivity contribution in [2.24, 2.45) is 0 Å². The number of anilines is 1. The summed E-state index contributed by atoms with van der Waals surface area (Å²) in [6.07, 6.45) is 1.66. The first-order chi connectivity index (χ1) is 6.15. The second kappa shape index (κ2) is 4.04. The Morgan fingerprint density at radius 2 is 2.62 bits per heavy atom. The first kappa shape index (κ1) is 9.73. The van der Waals surface area contributed by atoms with Crippen LogP contribution in [0.1, 0.15) is 10.5 Å². The van der Waals surface area contributed by atoms with E-state index in [0.717, 1.165) is 0 Å². The smallest absolute Gasteiger partial charge is 0.273 e. The molecule has 0 aliphatic heterocycles. The van der Waals surface area contributed by atoms with E-state index >= 15 is 0 Å². The molecule has 0 aliphatic rings. The highest BCUT2D eigenvalue weighted by atomic mass is 32.1. The summed E-state index contributed by atoms with van der Waals surface area (Å²) in [4.78, 5) is 16.9. The Morgan fingerprint density at radius 1 is 1.92 bits per heavy atom. The van der Waals surface area contributed by atoms with Crippen LogP contribution >= 0.6 is 11.3 Å². The Balaban J connectivity index is 2.73. The number of carbonyl (C=O) groups is 1. The van der Waals surface area contributed by atoms with E-state index in [-0.39, 0.29) is 5.91 Å². The second-order valence-corrected chi connectivity index (χ2v) is 3.44. The highest BCUT2D eigenvalue weighted by molar-refractivity contribution is 7.13. The van der Waals surface area contributed by atoms with Crippen LogP contribution in [0, 0.1) is 0 Å². The molecule has 4 nitrogen and oxygen atoms in total. The largest absolute Gasteiger partial charge is 0.375 e. The summed E-state index contributed by atoms with van der Waals surface area (Å²) >= 11 is 1.26. The molecule has 0 saturated carbocycles. The summed E-state index contributed by atoms with van der Waals surface area (Å²) in [7, 11) is 1.69. The van der Waals surface area contributed by atoms with Gasteiger partial charge in [-0.1, -0.05) is 6.08 Å². The van der Waals surface area contributed by atoms with Gasteiger partial charge in [0.25, 0.3) is 5.91 Å². The normalized spacial score (nSPS) is 9.62. The van der Waals surface area contributed by atoms with Crippen molar-refractivity contribution in [3.8, 4) is 0 Å². The Kier molecular flexibility index (Phi) is 3.02. The number of nitrogens with zero attached hydrogens (tertiary/aromatic N) is 2. The zero-order valence-corrected chi connectivity index (χ0v) is 8.17. The third-order valence-corrected chi connectivity index (χ3v) is 2.16. The fourth-order valence-corrected chi connectivity index (χ4v) is 1.39. The molecule has 1 heterocycles. The van der Waals surface area contributed by atoms with Crippen molar-refractivity contribution in [1.82, 2.24) is 9.88 Å². The molecule has 0 aliphatic carbocycles. The maximum absolute atomic E-state index is 11.5. The van der Waals surface area contributed by atoms with Gasteiger partial charge in [0.1, 0.15) is 5.69 Å². The van der Waals surface area contributed by atoms with Crippen molar-refractivity contribution in [3.63, 3.8) is 0 Å². The van der Waals surface area contributed by atoms with Crippen molar-refractivity contribution in [1.29, 1.82) is 0 Å². The molecular formula is C8H11N3OS. The Hall–Kier alpha value is -1.36. The lowest BCUT2D eigenvalue weighted by molar-refractivity contribution is 0.0805. The van der Waals surface area contributed by atoms with Gasteiger partial charge in [-0.2, -0.15) is 0 Å². The maximum Gasteiger partial charge on any atom is 0.273 e. The third kappa shape index (κ3) is 2.29. The summed E-state index contributed by atoms with van der Waals surface area (Å²) in [6.45, 7) is 4.06. The van der Waals surface area contributed by atoms with Crippen LogP contribution in [0.4, 0.5) is 5.13 Å². The van der Waals surface area contributed by atoms with Gasteiger partial charge < -0.3 is 10.6 Å². The van der Waals surface area contributed by atoms with Gasteiger partial charge in [-0.3, -0.25) is 4.79 Å². The standard InChI is InChI=1S/C8H11N3OS/c1-3-4-11(2)7(12)6-5-13-8(9)10-6/h3,5H,1,4H2,2H3,(H2,9,10). The summed E-state index contributed by atoms with van der Waals surface area (Å²) in [5, 5.41) is 2.06. The van der Waals surface area contributed by atoms with Crippen molar-refractivity contribution in [2.75, 3.05) is 19.3 Å². The van der Waals surface area contributed by atoms with Crippen LogP contribution < -0.4 is 5.73 Å². The first-order valence-corrected chi connectivity index (χ1v) is 4.60. The minimum atomic E-state index is -0.132. The van der Waals surface area contributed by atoms with Crippen LogP contribution in [0.25, 0.3) is 0 Å². The SMILES string of the molecule is C=CCN(C)C(=O)c1csc(N)n1. The molecule has 0 spiro atoms. The molecule has 0 radical (unpaired) electrons. The summed E-state index contributed by atoms with van der Waals surface area (Å²) < 4.78 is 0. The van der Waals surface area contributed by atoms with Crippen molar-refractivity contribution in [3.05, 3.63) is 23.7 Å². The van der Waals surface area contributed by atoms with E-state index in [1.807, 2.05) is 0 Å². The summed E-state index contributed by atoms with van der Waals surface area (Å²) in [5.74, 6) is -0.132. The number of hydrogen-bond acceptors (Lipinski definition) is 4. The molecule has 5 heteroatoms. The lowest BCUT2D eigenvalue weighted by Gasteiger charge is -2.12. The predicted octanol–water partition coefficient (Wildman–Crippen LogP) is 0.983. The maximum atomic E-state index is 11.5. The quantitative estimate of drug-likeness (QED) is 0.735. The Labute approximate surface area is 80.7 Å². The van der Waals surface area contributed by atoms with Crippen LogP contribution in [-0.4, -0.2) is 29.4 Å². The lowest BCUT2D eigenvalue weighted by Crippen LogP contribution is -2.26. The van der Waals surface area contributed by atoms with Crippen LogP contribution in [-0.2, 0) is 0 Å². The summed E-state index contributed by atoms with van der Waals surface area (Å²) in [5.41, 5.74) is 5.80. The molecule has 13 heavy (non-hydrogen) atoms. The number of amides is 1. The van der Waals surface area contributed by atoms with Crippen LogP contribution in [0.15, 0.2) is 18.0 Å². The number of rotatable bonds is 3. The minimum absolute atomic E-state index is 0.132. The monoisotopic (exact) mass is 197 g/mol. The van der Waals surface area contributed by atoms with Gasteiger partial charge in [0.15, 0.2) is 5.13 Å². The zero-order chi connectivity index (χ0) is 9.84. The molecule has 0 saturated heterocycles. The van der Waals surface area contributed by atoms with E-state index in [1.54, 1.807) is 18.5 Å². The van der Waals surface area contributed by atoms with Gasteiger partial charge in [-0.05, 0) is 0 Å². The molecule has 70 valence electrons. The number of hydrogen-bond donors (Lipinski definition) is 1. The fourth-order valence-electron chi connectivity index (χ4n) is 0.858. The van der Waals surface area contributed by atoms with Gasteiger partial charge in [-0.15, -0.1) is 17.9 Å². The molecule has 1 rings (SSSR count). The minimum Gasteiger partial charge on any atom is -0.375 e. The average Bonchev–Trinajstić information content (AvgIpc) is 2.51. The summed E-state index contributed by atoms with van der Waals surface area (Å²) in [6, 6.07) is 0. The number of nitrogen functional groups attached to an aromatic ring is 1. The van der Waals surface area contributed by atoms with E-state index in [0.29, 0.717) is 17.4 Å². The molecule has 1 amide bonds. The third-order valence-electron chi connectivity index (χ3n) is 1.49. The van der Waals surface area contributed by atoms with Gasteiger partial charge in [0.2, 0.25) is 0 Å². The van der Waals surface area contributed by atoms with Crippen molar-refractivity contribution < 1.29 is 4.79 Å². The van der Waals surface area contributed by atoms with Crippen LogP contribution in [0.2, 0.25) is 0 Å². The van der Waals surface area contributed by atoms with Crippen molar-refractivity contribution >= 4 is 22.4 Å². The second-order valence-electron chi connectivity index (χ2n) is 2.55. The number of likely N-dealkylation sites (N-methyl/N-ethyl adjacent to an activating group) is 1. The fraction of sp³-hybridized carbons (Fsp3) is 0.250. The van der Waals surface area contributed by atoms with E-state index in [4.69, 9.17) is 5.73 Å². The predicted molar refractivity (Wildman–Crippen MR) is 53.7 cm³/mol. The van der Waals surface area contributed by atoms with E-state index in [9.17, 15) is 4.79 Å². The number of carbonyl (C=O) groups excluding carboxylic acids is 1. The van der Waals surface area contributed by atoms with Gasteiger partial charge in [-0.25, -0.2) is 4.98 Å². The number of aromatic nitrogens is 1. The Morgan fingerprint density at radius 3 is 3.08 bits per heavy atom. The van der Waals surface area contributed by atoms with E-state index in [1.165, 1.54) is 16.2 Å². The first-order valence-electron chi connectivity index (χ1n) is 3.72. The zero-order valence-electron chi connectivity index (χ0n) is 7.36. The van der Waals surface area contributed by atoms with Crippen molar-refractivity contribution in [2.45, 2.75) is 0 Å². The molecule has 0 aromatic carbocycles. The molecule has 0 bridgehead atoms. The molecule has 0 fully saturated rings. The molecular weight excluding hydrogens is 186 g/mol. The average molecular weight is 197 g/mol. The molecule has 0 atom stereocenters. The highest BCUT2D eigenvalue weighted by Gasteiger charge is 2.12. The van der Waals surface area contributed by atoms with E-state index in [2.05, 4.69) is 11.6 Å². The van der Waals surface area contributed by atoms with Crippen LogP contribution in [0.3, 0.4) is 0 Å². The van der Waals surface area contributed by atoms with Gasteiger partial charge in [0.05, 0.1) is 0 Å². The number of thiazole rings is 1. The number of nitrogens with two attached hydrogens (primary N) is 1. The molecule has 0 unspecified atom stereocenters. The lowest BCUT2D eigenvalue weighted by atomic mass is 10.4. The van der Waals surface area contributed by atoms with Gasteiger partial charge >= 0.3 is 0 Å². The van der Waals surface area contributed by atoms with Gasteiger partial charge in [0, 0.05) is 19.0 Å². The Bertz CT molecular complexity index is 321. The van der Waals surface area contributed by atoms with Crippen LogP contribution in [0.5, 0.6) is 0 Å². The molecule has 1 aromatic heterocycles. The van der Waals surface area contributed by atoms with E-state index < -0.39 is 0 Å². The molecule has 2 N–H and O–H groups in total. The molecule has 1 aromatic rings. The topological polar surface area (TPSA) is 59.2 Å².